The second kappa shape index (κ2) is 5.97. The van der Waals surface area contributed by atoms with E-state index in [1.807, 2.05) is 0 Å². The summed E-state index contributed by atoms with van der Waals surface area (Å²) in [5, 5.41) is 17.4. The first-order valence-electron chi connectivity index (χ1n) is 4.34. The molecule has 0 rings (SSSR count). The molecule has 0 spiro atoms. The molecule has 0 unspecified atom stereocenters. The van der Waals surface area contributed by atoms with Crippen LogP contribution in [0.3, 0.4) is 0 Å². The quantitative estimate of drug-likeness (QED) is 0.427. The summed E-state index contributed by atoms with van der Waals surface area (Å²) in [6.07, 6.45) is 1.40. The fraction of sp³-hybridized carbons (Fsp3) is 0.667. The van der Waals surface area contributed by atoms with E-state index in [0.29, 0.717) is 6.42 Å². The van der Waals surface area contributed by atoms with Crippen LogP contribution in [-0.4, -0.2) is 18.2 Å². The number of methoxy groups -OCH3 is 1. The molecule has 14 heavy (non-hydrogen) atoms. The summed E-state index contributed by atoms with van der Waals surface area (Å²) in [6.45, 7) is 3.45. The Morgan fingerprint density at radius 3 is 2.57 bits per heavy atom. The van der Waals surface area contributed by atoms with E-state index in [4.69, 9.17) is 5.39 Å². The van der Waals surface area contributed by atoms with Crippen molar-refractivity contribution in [3.63, 3.8) is 0 Å². The van der Waals surface area contributed by atoms with E-state index in [9.17, 15) is 9.90 Å². The van der Waals surface area contributed by atoms with Crippen molar-refractivity contribution in [3.05, 3.63) is 16.9 Å². The van der Waals surface area contributed by atoms with E-state index < -0.39 is 0 Å². The maximum absolute atomic E-state index is 11.0. The number of ether oxygens (including phenoxy) is 1. The van der Waals surface area contributed by atoms with Crippen LogP contribution in [0.2, 0.25) is 0 Å². The van der Waals surface area contributed by atoms with Crippen LogP contribution >= 0.6 is 0 Å². The number of nitrogens with zero attached hydrogens (tertiary/aromatic N) is 2. The first-order valence-corrected chi connectivity index (χ1v) is 4.34. The van der Waals surface area contributed by atoms with Gasteiger partial charge in [-0.2, -0.15) is 0 Å². The third-order valence-electron chi connectivity index (χ3n) is 2.01. The van der Waals surface area contributed by atoms with Crippen LogP contribution in [0.4, 0.5) is 0 Å². The van der Waals surface area contributed by atoms with Gasteiger partial charge in [0.15, 0.2) is 10.7 Å². The van der Waals surface area contributed by atoms with Crippen LogP contribution in [0.25, 0.3) is 4.98 Å². The number of carbonyl (C=O) groups excluding carboxylic acids is 1. The molecule has 0 saturated heterocycles. The van der Waals surface area contributed by atoms with Crippen LogP contribution in [0.1, 0.15) is 20.3 Å². The highest BCUT2D eigenvalue weighted by molar-refractivity contribution is 5.71. The second-order valence-electron chi connectivity index (χ2n) is 3.23. The van der Waals surface area contributed by atoms with Gasteiger partial charge in [-0.15, -0.1) is 0 Å². The summed E-state index contributed by atoms with van der Waals surface area (Å²) in [5.74, 6) is -0.891. The lowest BCUT2D eigenvalue weighted by atomic mass is 9.96. The van der Waals surface area contributed by atoms with Crippen LogP contribution < -0.4 is 0 Å². The van der Waals surface area contributed by atoms with E-state index in [0.717, 1.165) is 6.20 Å². The lowest BCUT2D eigenvalue weighted by Gasteiger charge is -2.12. The zero-order valence-corrected chi connectivity index (χ0v) is 8.60. The third kappa shape index (κ3) is 3.90. The number of diazo groups is 1. The van der Waals surface area contributed by atoms with Gasteiger partial charge in [0.2, 0.25) is 5.39 Å². The molecule has 0 saturated carbocycles. The average Bonchev–Trinajstić information content (AvgIpc) is 2.16. The Morgan fingerprint density at radius 1 is 1.57 bits per heavy atom. The van der Waals surface area contributed by atoms with Crippen molar-refractivity contribution in [2.24, 2.45) is 11.8 Å². The smallest absolute Gasteiger partial charge is 0.387 e. The Morgan fingerprint density at radius 2 is 2.14 bits per heavy atom. The Bertz CT molecular complexity index is 268. The van der Waals surface area contributed by atoms with Gasteiger partial charge in [-0.05, 0) is 6.42 Å². The fourth-order valence-corrected chi connectivity index (χ4v) is 1.13. The molecular formula is C9H15N2O3+. The fourth-order valence-electron chi connectivity index (χ4n) is 1.13. The molecular weight excluding hydrogens is 184 g/mol. The number of aliphatic hydroxyl groups is 1. The SMILES string of the molecule is COC(=O)[C@H](C)C[C@H](C)/C(O)=C\[N+]#N. The lowest BCUT2D eigenvalue weighted by molar-refractivity contribution is -0.145. The Balaban J connectivity index is 4.20. The molecule has 0 aliphatic carbocycles. The standard InChI is InChI=1S/C9H14N2O3/c1-6(8(12)5-11-10)4-7(2)9(13)14-3/h5-7H,4H2,1-3H3/p+1/b8-5+/t6-,7+/m0/s1. The number of esters is 1. The van der Waals surface area contributed by atoms with Crippen LogP contribution in [0.15, 0.2) is 12.0 Å². The van der Waals surface area contributed by atoms with E-state index in [1.54, 1.807) is 13.8 Å². The molecule has 0 aromatic rings. The second-order valence-corrected chi connectivity index (χ2v) is 3.23. The summed E-state index contributed by atoms with van der Waals surface area (Å²) >= 11 is 0. The molecule has 0 fully saturated rings. The summed E-state index contributed by atoms with van der Waals surface area (Å²) in [5.41, 5.74) is 0. The van der Waals surface area contributed by atoms with Crippen molar-refractivity contribution in [2.75, 3.05) is 7.11 Å². The van der Waals surface area contributed by atoms with Gasteiger partial charge in [0.1, 0.15) is 0 Å². The van der Waals surface area contributed by atoms with Gasteiger partial charge in [0.25, 0.3) is 0 Å². The molecule has 5 heteroatoms. The number of hydrogen-bond donors (Lipinski definition) is 1. The molecule has 78 valence electrons. The van der Waals surface area contributed by atoms with Crippen molar-refractivity contribution in [2.45, 2.75) is 20.3 Å². The molecule has 5 nitrogen and oxygen atoms in total. The Hall–Kier alpha value is -1.57. The van der Waals surface area contributed by atoms with E-state index >= 15 is 0 Å². The van der Waals surface area contributed by atoms with Crippen molar-refractivity contribution in [3.8, 4) is 0 Å². The van der Waals surface area contributed by atoms with Gasteiger partial charge in [-0.1, -0.05) is 13.8 Å². The number of aliphatic hydroxyl groups excluding tert-OH is 1. The van der Waals surface area contributed by atoms with Gasteiger partial charge >= 0.3 is 12.2 Å². The highest BCUT2D eigenvalue weighted by Gasteiger charge is 2.20. The topological polar surface area (TPSA) is 74.7 Å². The van der Waals surface area contributed by atoms with Crippen molar-refractivity contribution >= 4 is 5.97 Å². The largest absolute Gasteiger partial charge is 0.505 e. The van der Waals surface area contributed by atoms with Crippen LogP contribution in [-0.2, 0) is 9.53 Å². The van der Waals surface area contributed by atoms with Crippen LogP contribution in [0, 0.1) is 17.2 Å². The van der Waals surface area contributed by atoms with Crippen molar-refractivity contribution < 1.29 is 14.6 Å². The number of rotatable bonds is 4. The third-order valence-corrected chi connectivity index (χ3v) is 2.01. The van der Waals surface area contributed by atoms with Crippen LogP contribution in [0.5, 0.6) is 0 Å². The van der Waals surface area contributed by atoms with Gasteiger partial charge in [-0.3, -0.25) is 4.79 Å². The molecule has 0 aliphatic rings. The zero-order chi connectivity index (χ0) is 11.1. The molecule has 0 heterocycles. The molecule has 0 radical (unpaired) electrons. The maximum Gasteiger partial charge on any atom is 0.387 e. The molecule has 0 amide bonds. The zero-order valence-electron chi connectivity index (χ0n) is 8.60. The first kappa shape index (κ1) is 12.4. The molecule has 0 aliphatic heterocycles. The molecule has 0 bridgehead atoms. The predicted octanol–water partition coefficient (Wildman–Crippen LogP) is 2.07. The number of allylic oxidation sites excluding steroid dienone is 1. The highest BCUT2D eigenvalue weighted by Crippen LogP contribution is 2.18. The summed E-state index contributed by atoms with van der Waals surface area (Å²) in [7, 11) is 1.32. The minimum Gasteiger partial charge on any atom is -0.505 e. The maximum atomic E-state index is 11.0. The monoisotopic (exact) mass is 199 g/mol. The molecule has 1 N–H and O–H groups in total. The highest BCUT2D eigenvalue weighted by atomic mass is 16.5. The average molecular weight is 199 g/mol. The van der Waals surface area contributed by atoms with Gasteiger partial charge in [0, 0.05) is 5.92 Å². The van der Waals surface area contributed by atoms with Crippen molar-refractivity contribution in [1.29, 1.82) is 5.39 Å². The Labute approximate surface area is 83.0 Å². The Kier molecular flexibility index (Phi) is 5.30. The number of hydrogen-bond acceptors (Lipinski definition) is 4. The number of carbonyl (C=O) groups is 1. The normalized spacial score (nSPS) is 15.4. The van der Waals surface area contributed by atoms with E-state index in [2.05, 4.69) is 9.71 Å². The first-order chi connectivity index (χ1) is 6.52. The summed E-state index contributed by atoms with van der Waals surface area (Å²) < 4.78 is 4.54. The minimum atomic E-state index is -0.314. The molecule has 0 aromatic carbocycles. The minimum absolute atomic E-state index is 0.0525. The van der Waals surface area contributed by atoms with Gasteiger partial charge in [0.05, 0.1) is 13.0 Å². The lowest BCUT2D eigenvalue weighted by Crippen LogP contribution is -2.16. The van der Waals surface area contributed by atoms with E-state index in [1.165, 1.54) is 7.11 Å². The van der Waals surface area contributed by atoms with Gasteiger partial charge in [-0.25, -0.2) is 0 Å². The molecule has 2 atom stereocenters. The summed E-state index contributed by atoms with van der Waals surface area (Å²) in [6, 6.07) is 0. The predicted molar refractivity (Wildman–Crippen MR) is 50.8 cm³/mol. The molecule has 0 aromatic heterocycles. The van der Waals surface area contributed by atoms with Crippen molar-refractivity contribution in [1.82, 2.24) is 0 Å². The summed E-state index contributed by atoms with van der Waals surface area (Å²) in [4.78, 5) is 13.7. The van der Waals surface area contributed by atoms with E-state index in [-0.39, 0.29) is 23.6 Å². The van der Waals surface area contributed by atoms with Gasteiger partial charge < -0.3 is 9.84 Å².